The minimum absolute atomic E-state index is 0.000901. The van der Waals surface area contributed by atoms with Crippen molar-refractivity contribution in [3.63, 3.8) is 0 Å². The lowest BCUT2D eigenvalue weighted by atomic mass is 10.1. The first-order valence-electron chi connectivity index (χ1n) is 9.11. The second-order valence-corrected chi connectivity index (χ2v) is 6.30. The van der Waals surface area contributed by atoms with Gasteiger partial charge in [0, 0.05) is 23.9 Å². The lowest BCUT2D eigenvalue weighted by Crippen LogP contribution is -2.12. The molecular formula is C23H24N2O3. The molecule has 3 rings (SSSR count). The summed E-state index contributed by atoms with van der Waals surface area (Å²) in [5, 5.41) is 6.24. The Kier molecular flexibility index (Phi) is 6.52. The minimum Gasteiger partial charge on any atom is -0.497 e. The van der Waals surface area contributed by atoms with Crippen LogP contribution in [0.15, 0.2) is 72.8 Å². The fourth-order valence-corrected chi connectivity index (χ4v) is 2.83. The quantitative estimate of drug-likeness (QED) is 0.580. The zero-order valence-corrected chi connectivity index (χ0v) is 16.1. The van der Waals surface area contributed by atoms with E-state index in [1.165, 1.54) is 0 Å². The monoisotopic (exact) mass is 376 g/mol. The zero-order valence-electron chi connectivity index (χ0n) is 16.1. The van der Waals surface area contributed by atoms with E-state index in [0.29, 0.717) is 6.42 Å². The van der Waals surface area contributed by atoms with Crippen LogP contribution in [0.1, 0.15) is 12.0 Å². The first-order chi connectivity index (χ1) is 13.7. The van der Waals surface area contributed by atoms with Gasteiger partial charge in [-0.15, -0.1) is 0 Å². The van der Waals surface area contributed by atoms with E-state index >= 15 is 0 Å². The molecule has 28 heavy (non-hydrogen) atoms. The van der Waals surface area contributed by atoms with Crippen molar-refractivity contribution in [3.05, 3.63) is 78.4 Å². The summed E-state index contributed by atoms with van der Waals surface area (Å²) in [5.74, 6) is 1.46. The number of benzene rings is 3. The summed E-state index contributed by atoms with van der Waals surface area (Å²) in [6, 6.07) is 23.1. The molecular weight excluding hydrogens is 352 g/mol. The van der Waals surface area contributed by atoms with Gasteiger partial charge < -0.3 is 20.1 Å². The molecule has 3 aromatic carbocycles. The maximum absolute atomic E-state index is 12.2. The van der Waals surface area contributed by atoms with Crippen molar-refractivity contribution in [1.29, 1.82) is 0 Å². The van der Waals surface area contributed by atoms with E-state index in [1.807, 2.05) is 72.8 Å². The molecule has 0 saturated carbocycles. The van der Waals surface area contributed by atoms with E-state index in [2.05, 4.69) is 10.6 Å². The molecule has 0 aromatic heterocycles. The molecule has 5 heteroatoms. The molecule has 0 bridgehead atoms. The molecule has 0 fully saturated rings. The predicted octanol–water partition coefficient (Wildman–Crippen LogP) is 5.02. The second-order valence-electron chi connectivity index (χ2n) is 6.30. The van der Waals surface area contributed by atoms with E-state index in [9.17, 15) is 4.79 Å². The molecule has 0 atom stereocenters. The second kappa shape index (κ2) is 9.46. The van der Waals surface area contributed by atoms with Crippen LogP contribution >= 0.6 is 0 Å². The van der Waals surface area contributed by atoms with Crippen LogP contribution in [0.3, 0.4) is 0 Å². The molecule has 0 unspecified atom stereocenters. The maximum atomic E-state index is 12.2. The third-order valence-corrected chi connectivity index (χ3v) is 4.34. The lowest BCUT2D eigenvalue weighted by Gasteiger charge is -2.13. The Morgan fingerprint density at radius 3 is 2.25 bits per heavy atom. The van der Waals surface area contributed by atoms with Gasteiger partial charge in [-0.05, 0) is 48.4 Å². The molecule has 0 aliphatic rings. The summed E-state index contributed by atoms with van der Waals surface area (Å²) in [5.41, 5.74) is 3.61. The van der Waals surface area contributed by atoms with Crippen molar-refractivity contribution in [1.82, 2.24) is 0 Å². The van der Waals surface area contributed by atoms with E-state index in [-0.39, 0.29) is 5.91 Å². The highest BCUT2D eigenvalue weighted by atomic mass is 16.5. The highest BCUT2D eigenvalue weighted by Gasteiger charge is 2.07. The average molecular weight is 376 g/mol. The van der Waals surface area contributed by atoms with Gasteiger partial charge in [0.15, 0.2) is 0 Å². The third-order valence-electron chi connectivity index (χ3n) is 4.34. The van der Waals surface area contributed by atoms with Gasteiger partial charge in [0.05, 0.1) is 19.9 Å². The average Bonchev–Trinajstić information content (AvgIpc) is 2.74. The maximum Gasteiger partial charge on any atom is 0.224 e. The molecule has 0 spiro atoms. The molecule has 2 N–H and O–H groups in total. The molecule has 1 amide bonds. The number of rotatable bonds is 8. The molecule has 0 saturated heterocycles. The highest BCUT2D eigenvalue weighted by molar-refractivity contribution is 5.91. The van der Waals surface area contributed by atoms with Crippen LogP contribution in [0.5, 0.6) is 11.5 Å². The predicted molar refractivity (Wildman–Crippen MR) is 113 cm³/mol. The number of hydrogen-bond acceptors (Lipinski definition) is 4. The number of carbonyl (C=O) groups excluding carboxylic acids is 1. The van der Waals surface area contributed by atoms with Crippen molar-refractivity contribution in [2.75, 3.05) is 24.9 Å². The molecule has 144 valence electrons. The first kappa shape index (κ1) is 19.3. The molecule has 0 heterocycles. The summed E-state index contributed by atoms with van der Waals surface area (Å²) in [7, 11) is 3.25. The smallest absolute Gasteiger partial charge is 0.224 e. The number of nitrogens with one attached hydrogen (secondary N) is 2. The number of ether oxygens (including phenoxy) is 2. The van der Waals surface area contributed by atoms with Crippen LogP contribution in [0.25, 0.3) is 0 Å². The van der Waals surface area contributed by atoms with Gasteiger partial charge in [0.1, 0.15) is 11.5 Å². The van der Waals surface area contributed by atoms with Gasteiger partial charge in [-0.2, -0.15) is 0 Å². The number of anilines is 3. The highest BCUT2D eigenvalue weighted by Crippen LogP contribution is 2.31. The Morgan fingerprint density at radius 2 is 1.57 bits per heavy atom. The molecule has 3 aromatic rings. The summed E-state index contributed by atoms with van der Waals surface area (Å²) in [6.45, 7) is 0. The Labute approximate surface area is 165 Å². The fourth-order valence-electron chi connectivity index (χ4n) is 2.83. The van der Waals surface area contributed by atoms with Crippen LogP contribution in [0.2, 0.25) is 0 Å². The molecule has 5 nitrogen and oxygen atoms in total. The first-order valence-corrected chi connectivity index (χ1v) is 9.11. The number of hydrogen-bond donors (Lipinski definition) is 2. The zero-order chi connectivity index (χ0) is 19.8. The van der Waals surface area contributed by atoms with Gasteiger partial charge in [-0.3, -0.25) is 4.79 Å². The molecule has 0 aliphatic carbocycles. The minimum atomic E-state index is -0.000901. The Morgan fingerprint density at radius 1 is 0.857 bits per heavy atom. The van der Waals surface area contributed by atoms with Crippen molar-refractivity contribution < 1.29 is 14.3 Å². The van der Waals surface area contributed by atoms with E-state index < -0.39 is 0 Å². The Bertz CT molecular complexity index is 909. The number of carbonyl (C=O) groups is 1. The number of amides is 1. The van der Waals surface area contributed by atoms with Crippen molar-refractivity contribution in [2.45, 2.75) is 12.8 Å². The third kappa shape index (κ3) is 5.27. The van der Waals surface area contributed by atoms with Gasteiger partial charge in [-0.1, -0.05) is 30.3 Å². The van der Waals surface area contributed by atoms with Crippen LogP contribution in [0.4, 0.5) is 17.1 Å². The number of methoxy groups -OCH3 is 2. The van der Waals surface area contributed by atoms with E-state index in [0.717, 1.165) is 40.5 Å². The summed E-state index contributed by atoms with van der Waals surface area (Å²) < 4.78 is 10.6. The largest absolute Gasteiger partial charge is 0.497 e. The van der Waals surface area contributed by atoms with Crippen molar-refractivity contribution in [3.8, 4) is 11.5 Å². The van der Waals surface area contributed by atoms with Gasteiger partial charge >= 0.3 is 0 Å². The van der Waals surface area contributed by atoms with E-state index in [1.54, 1.807) is 14.2 Å². The number of aryl methyl sites for hydroxylation is 1. The fraction of sp³-hybridized carbons (Fsp3) is 0.174. The van der Waals surface area contributed by atoms with Gasteiger partial charge in [0.25, 0.3) is 0 Å². The standard InChI is InChI=1S/C23H24N2O3/c1-27-20-13-14-22(28-2)21(16-20)24-18-9-11-19(12-10-18)25-23(26)15-8-17-6-4-3-5-7-17/h3-7,9-14,16,24H,8,15H2,1-2H3,(H,25,26). The molecule has 0 radical (unpaired) electrons. The van der Waals surface area contributed by atoms with Crippen LogP contribution < -0.4 is 20.1 Å². The SMILES string of the molecule is COc1ccc(OC)c(Nc2ccc(NC(=O)CCc3ccccc3)cc2)c1. The van der Waals surface area contributed by atoms with Crippen molar-refractivity contribution in [2.24, 2.45) is 0 Å². The lowest BCUT2D eigenvalue weighted by molar-refractivity contribution is -0.116. The van der Waals surface area contributed by atoms with Gasteiger partial charge in [0.2, 0.25) is 5.91 Å². The summed E-state index contributed by atoms with van der Waals surface area (Å²) >= 11 is 0. The molecule has 0 aliphatic heterocycles. The van der Waals surface area contributed by atoms with Crippen molar-refractivity contribution >= 4 is 23.0 Å². The normalized spacial score (nSPS) is 10.2. The van der Waals surface area contributed by atoms with E-state index in [4.69, 9.17) is 9.47 Å². The Hall–Kier alpha value is -3.47. The van der Waals surface area contributed by atoms with Gasteiger partial charge in [-0.25, -0.2) is 0 Å². The van der Waals surface area contributed by atoms with Crippen LogP contribution in [0, 0.1) is 0 Å². The summed E-state index contributed by atoms with van der Waals surface area (Å²) in [6.07, 6.45) is 1.17. The Balaban J connectivity index is 1.58. The van der Waals surface area contributed by atoms with Crippen LogP contribution in [-0.4, -0.2) is 20.1 Å². The summed E-state index contributed by atoms with van der Waals surface area (Å²) in [4.78, 5) is 12.2. The topological polar surface area (TPSA) is 59.6 Å². The van der Waals surface area contributed by atoms with Crippen LogP contribution in [-0.2, 0) is 11.2 Å².